The van der Waals surface area contributed by atoms with Gasteiger partial charge in [0.25, 0.3) is 5.91 Å². The van der Waals surface area contributed by atoms with E-state index in [9.17, 15) is 10.1 Å². The smallest absolute Gasteiger partial charge is 0.262 e. The highest BCUT2D eigenvalue weighted by Crippen LogP contribution is 2.25. The average molecular weight is 554 g/mol. The van der Waals surface area contributed by atoms with Crippen molar-refractivity contribution in [1.29, 1.82) is 5.26 Å². The molecule has 0 saturated carbocycles. The van der Waals surface area contributed by atoms with Crippen molar-refractivity contribution >= 4 is 34.6 Å². The second-order valence-electron chi connectivity index (χ2n) is 6.99. The predicted octanol–water partition coefficient (Wildman–Crippen LogP) is 5.11. The molecule has 0 radical (unpaired) electrons. The zero-order chi connectivity index (χ0) is 23.6. The monoisotopic (exact) mass is 554 g/mol. The summed E-state index contributed by atoms with van der Waals surface area (Å²) in [7, 11) is 3.12. The van der Waals surface area contributed by atoms with Crippen LogP contribution >= 0.6 is 22.6 Å². The molecular formula is C26H23IN2O4. The summed E-state index contributed by atoms with van der Waals surface area (Å²) in [5.74, 6) is 1.53. The van der Waals surface area contributed by atoms with Gasteiger partial charge < -0.3 is 19.5 Å². The SMILES string of the molecule is COc1ccc(CNC(=O)/C(C#N)=C/c2ccc(OCc3ccccc3)c(I)c2)c(OC)c1. The van der Waals surface area contributed by atoms with Gasteiger partial charge in [-0.1, -0.05) is 36.4 Å². The first-order valence-electron chi connectivity index (χ1n) is 10.1. The van der Waals surface area contributed by atoms with Crippen LogP contribution in [0.1, 0.15) is 16.7 Å². The fourth-order valence-corrected chi connectivity index (χ4v) is 3.74. The quantitative estimate of drug-likeness (QED) is 0.226. The third-order valence-corrected chi connectivity index (χ3v) is 5.65. The Kier molecular flexibility index (Phi) is 8.72. The molecule has 0 aromatic heterocycles. The van der Waals surface area contributed by atoms with Gasteiger partial charge in [0.2, 0.25) is 0 Å². The minimum absolute atomic E-state index is 0.0104. The number of rotatable bonds is 9. The molecule has 7 heteroatoms. The lowest BCUT2D eigenvalue weighted by Crippen LogP contribution is -2.24. The van der Waals surface area contributed by atoms with E-state index in [1.165, 1.54) is 0 Å². The molecule has 33 heavy (non-hydrogen) atoms. The van der Waals surface area contributed by atoms with Crippen LogP contribution in [0, 0.1) is 14.9 Å². The lowest BCUT2D eigenvalue weighted by atomic mass is 10.1. The van der Waals surface area contributed by atoms with Crippen LogP contribution in [0.3, 0.4) is 0 Å². The van der Waals surface area contributed by atoms with Crippen molar-refractivity contribution in [1.82, 2.24) is 5.32 Å². The zero-order valence-electron chi connectivity index (χ0n) is 18.3. The average Bonchev–Trinajstić information content (AvgIpc) is 2.85. The number of halogens is 1. The third kappa shape index (κ3) is 6.73. The summed E-state index contributed by atoms with van der Waals surface area (Å²) in [6.07, 6.45) is 1.56. The molecule has 168 valence electrons. The first-order chi connectivity index (χ1) is 16.0. The van der Waals surface area contributed by atoms with Crippen molar-refractivity contribution in [3.8, 4) is 23.3 Å². The maximum atomic E-state index is 12.6. The van der Waals surface area contributed by atoms with Gasteiger partial charge in [0.05, 0.1) is 17.8 Å². The van der Waals surface area contributed by atoms with Crippen molar-refractivity contribution in [2.45, 2.75) is 13.2 Å². The number of amides is 1. The molecule has 0 bridgehead atoms. The fraction of sp³-hybridized carbons (Fsp3) is 0.154. The Balaban J connectivity index is 1.66. The molecule has 0 heterocycles. The minimum Gasteiger partial charge on any atom is -0.497 e. The topological polar surface area (TPSA) is 80.6 Å². The molecule has 0 spiro atoms. The third-order valence-electron chi connectivity index (χ3n) is 4.80. The van der Waals surface area contributed by atoms with Gasteiger partial charge in [0.15, 0.2) is 0 Å². The van der Waals surface area contributed by atoms with E-state index < -0.39 is 5.91 Å². The van der Waals surface area contributed by atoms with Gasteiger partial charge in [-0.25, -0.2) is 0 Å². The Morgan fingerprint density at radius 3 is 2.48 bits per heavy atom. The van der Waals surface area contributed by atoms with E-state index in [1.54, 1.807) is 32.4 Å². The van der Waals surface area contributed by atoms with Crippen LogP contribution in [0.5, 0.6) is 17.2 Å². The van der Waals surface area contributed by atoms with Crippen molar-refractivity contribution in [3.63, 3.8) is 0 Å². The largest absolute Gasteiger partial charge is 0.497 e. The standard InChI is InChI=1S/C26H23IN2O4/c1-31-22-10-9-20(25(14-22)32-2)16-29-26(30)21(15-28)12-19-8-11-24(23(27)13-19)33-17-18-6-4-3-5-7-18/h3-14H,16-17H2,1-2H3,(H,29,30)/b21-12+. The maximum Gasteiger partial charge on any atom is 0.262 e. The van der Waals surface area contributed by atoms with E-state index in [0.717, 1.165) is 26.0 Å². The molecule has 0 aliphatic carbocycles. The van der Waals surface area contributed by atoms with E-state index in [0.29, 0.717) is 18.1 Å². The summed E-state index contributed by atoms with van der Waals surface area (Å²) in [6.45, 7) is 0.682. The molecule has 6 nitrogen and oxygen atoms in total. The van der Waals surface area contributed by atoms with E-state index in [1.807, 2.05) is 60.7 Å². The van der Waals surface area contributed by atoms with E-state index in [-0.39, 0.29) is 12.1 Å². The van der Waals surface area contributed by atoms with Gasteiger partial charge in [-0.3, -0.25) is 4.79 Å². The number of methoxy groups -OCH3 is 2. The highest BCUT2D eigenvalue weighted by atomic mass is 127. The minimum atomic E-state index is -0.463. The molecule has 3 aromatic rings. The van der Waals surface area contributed by atoms with Crippen LogP contribution in [0.2, 0.25) is 0 Å². The Morgan fingerprint density at radius 1 is 1.03 bits per heavy atom. The van der Waals surface area contributed by atoms with Gasteiger partial charge in [0.1, 0.15) is 35.5 Å². The first-order valence-corrected chi connectivity index (χ1v) is 11.2. The van der Waals surface area contributed by atoms with Crippen LogP contribution in [0.4, 0.5) is 0 Å². The molecule has 0 saturated heterocycles. The molecule has 0 unspecified atom stereocenters. The molecule has 0 atom stereocenters. The summed E-state index contributed by atoms with van der Waals surface area (Å²) < 4.78 is 17.3. The van der Waals surface area contributed by atoms with Crippen molar-refractivity contribution < 1.29 is 19.0 Å². The number of nitrogens with one attached hydrogen (secondary N) is 1. The fourth-order valence-electron chi connectivity index (χ4n) is 3.04. The number of carbonyl (C=O) groups excluding carboxylic acids is 1. The van der Waals surface area contributed by atoms with Crippen molar-refractivity contribution in [2.24, 2.45) is 0 Å². The Bertz CT molecular complexity index is 1190. The van der Waals surface area contributed by atoms with Gasteiger partial charge in [-0.15, -0.1) is 0 Å². The molecule has 3 aromatic carbocycles. The van der Waals surface area contributed by atoms with Gasteiger partial charge in [-0.05, 0) is 64.1 Å². The predicted molar refractivity (Wildman–Crippen MR) is 135 cm³/mol. The second-order valence-corrected chi connectivity index (χ2v) is 8.16. The normalized spacial score (nSPS) is 10.8. The number of nitriles is 1. The lowest BCUT2D eigenvalue weighted by Gasteiger charge is -2.11. The van der Waals surface area contributed by atoms with Gasteiger partial charge in [-0.2, -0.15) is 5.26 Å². The second kappa shape index (κ2) is 11.9. The molecule has 0 aliphatic heterocycles. The number of benzene rings is 3. The molecule has 0 fully saturated rings. The number of ether oxygens (including phenoxy) is 3. The van der Waals surface area contributed by atoms with Crippen LogP contribution in [-0.4, -0.2) is 20.1 Å². The number of hydrogen-bond acceptors (Lipinski definition) is 5. The summed E-state index contributed by atoms with van der Waals surface area (Å²) in [6, 6.07) is 22.8. The van der Waals surface area contributed by atoms with E-state index in [4.69, 9.17) is 14.2 Å². The van der Waals surface area contributed by atoms with Crippen molar-refractivity contribution in [3.05, 3.63) is 92.6 Å². The molecule has 1 amide bonds. The number of hydrogen-bond donors (Lipinski definition) is 1. The summed E-state index contributed by atoms with van der Waals surface area (Å²) in [4.78, 5) is 12.6. The summed E-state index contributed by atoms with van der Waals surface area (Å²) >= 11 is 2.18. The molecule has 0 aliphatic rings. The van der Waals surface area contributed by atoms with Crippen LogP contribution < -0.4 is 19.5 Å². The van der Waals surface area contributed by atoms with E-state index >= 15 is 0 Å². The molecule has 1 N–H and O–H groups in total. The molecular weight excluding hydrogens is 531 g/mol. The van der Waals surface area contributed by atoms with Gasteiger partial charge in [0, 0.05) is 18.2 Å². The van der Waals surface area contributed by atoms with Gasteiger partial charge >= 0.3 is 0 Å². The Hall–Kier alpha value is -3.51. The van der Waals surface area contributed by atoms with Crippen molar-refractivity contribution in [2.75, 3.05) is 14.2 Å². The first kappa shape index (κ1) is 24.1. The summed E-state index contributed by atoms with van der Waals surface area (Å²) in [5.41, 5.74) is 2.60. The molecule has 3 rings (SSSR count). The maximum absolute atomic E-state index is 12.6. The Labute approximate surface area is 206 Å². The lowest BCUT2D eigenvalue weighted by molar-refractivity contribution is -0.117. The van der Waals surface area contributed by atoms with Crippen LogP contribution in [-0.2, 0) is 17.9 Å². The Morgan fingerprint density at radius 2 is 1.82 bits per heavy atom. The highest BCUT2D eigenvalue weighted by Gasteiger charge is 2.12. The van der Waals surface area contributed by atoms with E-state index in [2.05, 4.69) is 27.9 Å². The van der Waals surface area contributed by atoms with Crippen LogP contribution in [0.25, 0.3) is 6.08 Å². The zero-order valence-corrected chi connectivity index (χ0v) is 20.5. The number of nitrogens with zero attached hydrogens (tertiary/aromatic N) is 1. The van der Waals surface area contributed by atoms with Crippen LogP contribution in [0.15, 0.2) is 72.3 Å². The highest BCUT2D eigenvalue weighted by molar-refractivity contribution is 14.1. The number of carbonyl (C=O) groups is 1. The summed E-state index contributed by atoms with van der Waals surface area (Å²) in [5, 5.41) is 12.3.